The highest BCUT2D eigenvalue weighted by atomic mass is 79.9. The van der Waals surface area contributed by atoms with Crippen molar-refractivity contribution in [3.8, 4) is 0 Å². The molecule has 0 bridgehead atoms. The molecule has 1 aromatic carbocycles. The van der Waals surface area contributed by atoms with Crippen LogP contribution in [0.25, 0.3) is 0 Å². The van der Waals surface area contributed by atoms with E-state index in [1.165, 1.54) is 24.4 Å². The molecule has 20 heavy (non-hydrogen) atoms. The first-order valence-electron chi connectivity index (χ1n) is 5.42. The summed E-state index contributed by atoms with van der Waals surface area (Å²) in [5, 5.41) is 11.4. The number of carbonyl (C=O) groups excluding carboxylic acids is 1. The van der Waals surface area contributed by atoms with Gasteiger partial charge in [-0.2, -0.15) is 4.39 Å². The Bertz CT molecular complexity index is 691. The molecule has 0 aliphatic rings. The summed E-state index contributed by atoms with van der Waals surface area (Å²) in [5.74, 6) is -2.43. The molecule has 0 saturated heterocycles. The van der Waals surface area contributed by atoms with E-state index in [2.05, 4.69) is 26.2 Å². The molecule has 0 aliphatic carbocycles. The zero-order valence-electron chi connectivity index (χ0n) is 9.93. The predicted molar refractivity (Wildman–Crippen MR) is 73.2 cm³/mol. The highest BCUT2D eigenvalue weighted by Crippen LogP contribution is 2.20. The molecule has 0 unspecified atom stereocenters. The van der Waals surface area contributed by atoms with Crippen molar-refractivity contribution in [1.29, 1.82) is 0 Å². The number of hydrogen-bond donors (Lipinski definition) is 2. The molecule has 2 rings (SSSR count). The molecule has 102 valence electrons. The Morgan fingerprint density at radius 2 is 1.95 bits per heavy atom. The Labute approximate surface area is 121 Å². The van der Waals surface area contributed by atoms with E-state index < -0.39 is 17.8 Å². The lowest BCUT2D eigenvalue weighted by Gasteiger charge is -2.07. The van der Waals surface area contributed by atoms with E-state index >= 15 is 0 Å². The Hall–Kier alpha value is -2.28. The molecule has 7 heteroatoms. The summed E-state index contributed by atoms with van der Waals surface area (Å²) in [6, 6.07) is 6.61. The smallest absolute Gasteiger partial charge is 0.335 e. The van der Waals surface area contributed by atoms with Crippen molar-refractivity contribution >= 4 is 33.5 Å². The summed E-state index contributed by atoms with van der Waals surface area (Å²) in [6.45, 7) is 0. The van der Waals surface area contributed by atoms with Crippen LogP contribution in [0.5, 0.6) is 0 Å². The van der Waals surface area contributed by atoms with Gasteiger partial charge >= 0.3 is 5.97 Å². The molecule has 1 heterocycles. The summed E-state index contributed by atoms with van der Waals surface area (Å²) in [7, 11) is 0. The van der Waals surface area contributed by atoms with Gasteiger partial charge in [0.1, 0.15) is 0 Å². The molecule has 0 aliphatic heterocycles. The minimum atomic E-state index is -1.11. The highest BCUT2D eigenvalue weighted by Gasteiger charge is 2.10. The first-order valence-corrected chi connectivity index (χ1v) is 6.22. The molecule has 2 N–H and O–H groups in total. The molecular formula is C13H8BrFN2O3. The Kier molecular flexibility index (Phi) is 4.09. The van der Waals surface area contributed by atoms with Gasteiger partial charge in [0.15, 0.2) is 0 Å². The fourth-order valence-corrected chi connectivity index (χ4v) is 2.03. The Morgan fingerprint density at radius 1 is 1.20 bits per heavy atom. The van der Waals surface area contributed by atoms with E-state index in [0.717, 1.165) is 6.07 Å². The fourth-order valence-electron chi connectivity index (χ4n) is 1.53. The van der Waals surface area contributed by atoms with Gasteiger partial charge in [0.2, 0.25) is 5.95 Å². The van der Waals surface area contributed by atoms with Crippen LogP contribution in [0.1, 0.15) is 20.7 Å². The average Bonchev–Trinajstić information content (AvgIpc) is 2.37. The van der Waals surface area contributed by atoms with Crippen LogP contribution < -0.4 is 5.32 Å². The lowest BCUT2D eigenvalue weighted by Crippen LogP contribution is -2.13. The van der Waals surface area contributed by atoms with Crippen molar-refractivity contribution in [2.45, 2.75) is 0 Å². The van der Waals surface area contributed by atoms with E-state index in [0.29, 0.717) is 10.2 Å². The predicted octanol–water partition coefficient (Wildman–Crippen LogP) is 2.93. The molecule has 2 aromatic rings. The van der Waals surface area contributed by atoms with E-state index in [1.54, 1.807) is 6.07 Å². The van der Waals surface area contributed by atoms with Gasteiger partial charge in [-0.15, -0.1) is 0 Å². The summed E-state index contributed by atoms with van der Waals surface area (Å²) < 4.78 is 13.4. The number of aromatic carboxylic acids is 1. The minimum absolute atomic E-state index is 0.0237. The second-order valence-corrected chi connectivity index (χ2v) is 4.77. The van der Waals surface area contributed by atoms with Crippen LogP contribution in [0.2, 0.25) is 0 Å². The van der Waals surface area contributed by atoms with Crippen molar-refractivity contribution < 1.29 is 19.1 Å². The monoisotopic (exact) mass is 338 g/mol. The number of aromatic nitrogens is 1. The third-order valence-corrected chi connectivity index (χ3v) is 2.85. The van der Waals surface area contributed by atoms with Crippen molar-refractivity contribution in [2.24, 2.45) is 0 Å². The molecule has 0 fully saturated rings. The summed E-state index contributed by atoms with van der Waals surface area (Å²) >= 11 is 3.15. The quantitative estimate of drug-likeness (QED) is 0.843. The molecular weight excluding hydrogens is 331 g/mol. The van der Waals surface area contributed by atoms with Crippen molar-refractivity contribution in [2.75, 3.05) is 5.32 Å². The van der Waals surface area contributed by atoms with Gasteiger partial charge in [0, 0.05) is 28.0 Å². The Morgan fingerprint density at radius 3 is 2.60 bits per heavy atom. The van der Waals surface area contributed by atoms with Crippen LogP contribution >= 0.6 is 15.9 Å². The van der Waals surface area contributed by atoms with Crippen molar-refractivity contribution in [3.05, 3.63) is 58.1 Å². The first-order chi connectivity index (χ1) is 9.45. The normalized spacial score (nSPS) is 10.1. The number of carboxylic acids is 1. The zero-order chi connectivity index (χ0) is 14.7. The summed E-state index contributed by atoms with van der Waals surface area (Å²) in [5.41, 5.74) is 0.406. The number of carboxylic acid groups (broad SMARTS) is 1. The number of rotatable bonds is 3. The number of anilines is 1. The third kappa shape index (κ3) is 3.39. The van der Waals surface area contributed by atoms with E-state index in [1.807, 2.05) is 0 Å². The number of amides is 1. The molecule has 0 saturated carbocycles. The summed E-state index contributed by atoms with van der Waals surface area (Å²) in [6.07, 6.45) is 1.17. The summed E-state index contributed by atoms with van der Waals surface area (Å²) in [4.78, 5) is 26.2. The lowest BCUT2D eigenvalue weighted by atomic mass is 10.2. The van der Waals surface area contributed by atoms with Crippen LogP contribution in [0, 0.1) is 5.95 Å². The lowest BCUT2D eigenvalue weighted by molar-refractivity contribution is 0.0696. The van der Waals surface area contributed by atoms with Crippen LogP contribution in [-0.2, 0) is 0 Å². The van der Waals surface area contributed by atoms with Gasteiger partial charge < -0.3 is 10.4 Å². The Balaban J connectivity index is 2.26. The highest BCUT2D eigenvalue weighted by molar-refractivity contribution is 9.10. The van der Waals surface area contributed by atoms with Gasteiger partial charge in [-0.1, -0.05) is 15.9 Å². The van der Waals surface area contributed by atoms with Gasteiger partial charge in [0.25, 0.3) is 5.91 Å². The van der Waals surface area contributed by atoms with Crippen LogP contribution in [0.15, 0.2) is 41.0 Å². The third-order valence-electron chi connectivity index (χ3n) is 2.39. The molecule has 1 amide bonds. The SMILES string of the molecule is O=C(O)c1cc(Br)cc(NC(=O)c2ccnc(F)c2)c1. The van der Waals surface area contributed by atoms with Crippen molar-refractivity contribution in [1.82, 2.24) is 4.98 Å². The number of pyridine rings is 1. The van der Waals surface area contributed by atoms with E-state index in [4.69, 9.17) is 5.11 Å². The zero-order valence-corrected chi connectivity index (χ0v) is 11.5. The van der Waals surface area contributed by atoms with Gasteiger partial charge in [-0.05, 0) is 24.3 Å². The maximum Gasteiger partial charge on any atom is 0.335 e. The topological polar surface area (TPSA) is 79.3 Å². The average molecular weight is 339 g/mol. The number of nitrogens with one attached hydrogen (secondary N) is 1. The number of halogens is 2. The van der Waals surface area contributed by atoms with Crippen LogP contribution in [0.4, 0.5) is 10.1 Å². The fraction of sp³-hybridized carbons (Fsp3) is 0. The van der Waals surface area contributed by atoms with Gasteiger partial charge in [-0.3, -0.25) is 4.79 Å². The van der Waals surface area contributed by atoms with Crippen molar-refractivity contribution in [3.63, 3.8) is 0 Å². The molecule has 0 atom stereocenters. The minimum Gasteiger partial charge on any atom is -0.478 e. The number of nitrogens with zero attached hydrogens (tertiary/aromatic N) is 1. The van der Waals surface area contributed by atoms with E-state index in [-0.39, 0.29) is 11.1 Å². The number of benzene rings is 1. The maximum absolute atomic E-state index is 12.9. The second-order valence-electron chi connectivity index (χ2n) is 3.86. The maximum atomic E-state index is 12.9. The standard InChI is InChI=1S/C13H8BrFN2O3/c14-9-3-8(13(19)20)4-10(6-9)17-12(18)7-1-2-16-11(15)5-7/h1-6H,(H,17,18)(H,19,20). The van der Waals surface area contributed by atoms with E-state index in [9.17, 15) is 14.0 Å². The first kappa shape index (κ1) is 14.1. The van der Waals surface area contributed by atoms with Gasteiger partial charge in [-0.25, -0.2) is 9.78 Å². The second kappa shape index (κ2) is 5.79. The number of carbonyl (C=O) groups is 2. The van der Waals surface area contributed by atoms with Crippen LogP contribution in [0.3, 0.4) is 0 Å². The number of hydrogen-bond acceptors (Lipinski definition) is 3. The largest absolute Gasteiger partial charge is 0.478 e. The molecule has 0 spiro atoms. The molecule has 1 aromatic heterocycles. The molecule has 0 radical (unpaired) electrons. The molecule has 5 nitrogen and oxygen atoms in total. The van der Waals surface area contributed by atoms with Crippen LogP contribution in [-0.4, -0.2) is 22.0 Å². The van der Waals surface area contributed by atoms with Gasteiger partial charge in [0.05, 0.1) is 5.56 Å².